The number of para-hydroxylation sites is 1. The van der Waals surface area contributed by atoms with Crippen LogP contribution in [0.2, 0.25) is 0 Å². The van der Waals surface area contributed by atoms with E-state index in [0.29, 0.717) is 56.5 Å². The van der Waals surface area contributed by atoms with Crippen molar-refractivity contribution in [3.8, 4) is 11.5 Å². The summed E-state index contributed by atoms with van der Waals surface area (Å²) in [7, 11) is -2.01. The summed E-state index contributed by atoms with van der Waals surface area (Å²) in [4.78, 5) is 17.0. The van der Waals surface area contributed by atoms with Gasteiger partial charge in [-0.25, -0.2) is 8.42 Å². The summed E-state index contributed by atoms with van der Waals surface area (Å²) >= 11 is 0. The smallest absolute Gasteiger partial charge is 0.263 e. The molecule has 2 aromatic carbocycles. The van der Waals surface area contributed by atoms with Crippen LogP contribution < -0.4 is 14.4 Å². The van der Waals surface area contributed by atoms with Crippen molar-refractivity contribution in [2.24, 2.45) is 0 Å². The van der Waals surface area contributed by atoms with Gasteiger partial charge in [-0.05, 0) is 37.3 Å². The first-order chi connectivity index (χ1) is 15.8. The van der Waals surface area contributed by atoms with Crippen LogP contribution in [0.4, 0.5) is 5.69 Å². The normalized spacial score (nSPS) is 15.4. The average Bonchev–Trinajstić information content (AvgIpc) is 2.84. The van der Waals surface area contributed by atoms with Gasteiger partial charge in [0, 0.05) is 39.3 Å². The van der Waals surface area contributed by atoms with E-state index in [9.17, 15) is 13.2 Å². The molecule has 1 heterocycles. The Balaban J connectivity index is 1.71. The van der Waals surface area contributed by atoms with Crippen molar-refractivity contribution in [1.82, 2.24) is 9.21 Å². The Hall–Kier alpha value is -2.78. The van der Waals surface area contributed by atoms with Crippen molar-refractivity contribution >= 4 is 21.6 Å². The number of amides is 1. The number of rotatable bonds is 9. The number of carbonyl (C=O) groups is 1. The van der Waals surface area contributed by atoms with Gasteiger partial charge in [-0.3, -0.25) is 4.79 Å². The van der Waals surface area contributed by atoms with E-state index in [0.717, 1.165) is 0 Å². The number of hydrogen-bond donors (Lipinski definition) is 0. The molecule has 2 aromatic rings. The summed E-state index contributed by atoms with van der Waals surface area (Å²) in [6, 6.07) is 14.2. The van der Waals surface area contributed by atoms with Crippen LogP contribution in [0.25, 0.3) is 0 Å². The molecule has 0 aromatic heterocycles. The molecule has 1 fully saturated rings. The molecule has 1 aliphatic rings. The van der Waals surface area contributed by atoms with Gasteiger partial charge in [0.15, 0.2) is 6.10 Å². The number of ether oxygens (including phenoxy) is 2. The van der Waals surface area contributed by atoms with Gasteiger partial charge in [-0.2, -0.15) is 4.31 Å². The summed E-state index contributed by atoms with van der Waals surface area (Å²) in [5.41, 5.74) is 0.714. The van der Waals surface area contributed by atoms with E-state index in [-0.39, 0.29) is 10.8 Å². The first-order valence-electron chi connectivity index (χ1n) is 11.2. The molecule has 0 saturated carbocycles. The topological polar surface area (TPSA) is 79.4 Å². The third kappa shape index (κ3) is 5.59. The van der Waals surface area contributed by atoms with Crippen molar-refractivity contribution in [2.75, 3.05) is 51.3 Å². The second kappa shape index (κ2) is 10.9. The Labute approximate surface area is 196 Å². The van der Waals surface area contributed by atoms with Gasteiger partial charge in [-0.1, -0.05) is 32.0 Å². The Morgan fingerprint density at radius 2 is 1.67 bits per heavy atom. The van der Waals surface area contributed by atoms with Crippen LogP contribution in [0.3, 0.4) is 0 Å². The highest BCUT2D eigenvalue weighted by Crippen LogP contribution is 2.32. The predicted molar refractivity (Wildman–Crippen MR) is 128 cm³/mol. The molecule has 0 bridgehead atoms. The van der Waals surface area contributed by atoms with Crippen molar-refractivity contribution in [1.29, 1.82) is 0 Å². The number of benzene rings is 2. The van der Waals surface area contributed by atoms with E-state index < -0.39 is 16.1 Å². The third-order valence-corrected chi connectivity index (χ3v) is 7.88. The molecule has 0 aliphatic carbocycles. The molecule has 3 rings (SSSR count). The van der Waals surface area contributed by atoms with Crippen LogP contribution >= 0.6 is 0 Å². The highest BCUT2D eigenvalue weighted by molar-refractivity contribution is 7.89. The van der Waals surface area contributed by atoms with Crippen LogP contribution in [-0.2, 0) is 14.8 Å². The van der Waals surface area contributed by atoms with Crippen molar-refractivity contribution in [2.45, 2.75) is 31.8 Å². The molecule has 0 radical (unpaired) electrons. The summed E-state index contributed by atoms with van der Waals surface area (Å²) < 4.78 is 38.7. The number of carbonyl (C=O) groups excluding carboxylic acids is 1. The van der Waals surface area contributed by atoms with Gasteiger partial charge in [-0.15, -0.1) is 0 Å². The van der Waals surface area contributed by atoms with Gasteiger partial charge < -0.3 is 19.3 Å². The zero-order chi connectivity index (χ0) is 24.0. The molecule has 9 heteroatoms. The van der Waals surface area contributed by atoms with E-state index in [1.807, 2.05) is 44.2 Å². The maximum absolute atomic E-state index is 13.0. The van der Waals surface area contributed by atoms with Crippen LogP contribution in [0.15, 0.2) is 53.4 Å². The second-order valence-electron chi connectivity index (χ2n) is 7.81. The molecular weight excluding hydrogens is 442 g/mol. The molecule has 1 saturated heterocycles. The molecule has 1 atom stereocenters. The fourth-order valence-corrected chi connectivity index (χ4v) is 5.45. The first kappa shape index (κ1) is 24.9. The third-order valence-electron chi connectivity index (χ3n) is 5.83. The molecule has 0 N–H and O–H groups in total. The van der Waals surface area contributed by atoms with Gasteiger partial charge >= 0.3 is 0 Å². The summed E-state index contributed by atoms with van der Waals surface area (Å²) in [6.45, 7) is 8.37. The van der Waals surface area contributed by atoms with Crippen LogP contribution in [-0.4, -0.2) is 76.0 Å². The summed E-state index contributed by atoms with van der Waals surface area (Å²) in [5.74, 6) is 1.20. The molecule has 1 aliphatic heterocycles. The highest BCUT2D eigenvalue weighted by Gasteiger charge is 2.29. The minimum Gasteiger partial charge on any atom is -0.495 e. The zero-order valence-electron chi connectivity index (χ0n) is 19.7. The van der Waals surface area contributed by atoms with E-state index >= 15 is 0 Å². The standard InChI is InChI=1S/C24H33N3O5S/c1-5-27(6-2)33(29,30)21-12-13-23(31-4)22(18-21)25-14-16-26(17-15-25)24(28)19(3)32-20-10-8-7-9-11-20/h7-13,18-19H,5-6,14-17H2,1-4H3. The van der Waals surface area contributed by atoms with E-state index in [4.69, 9.17) is 9.47 Å². The van der Waals surface area contributed by atoms with Gasteiger partial charge in [0.25, 0.3) is 5.91 Å². The fourth-order valence-electron chi connectivity index (χ4n) is 3.97. The van der Waals surface area contributed by atoms with Gasteiger partial charge in [0.2, 0.25) is 10.0 Å². The monoisotopic (exact) mass is 475 g/mol. The van der Waals surface area contributed by atoms with Crippen molar-refractivity contribution in [3.63, 3.8) is 0 Å². The number of sulfonamides is 1. The van der Waals surface area contributed by atoms with E-state index in [1.165, 1.54) is 4.31 Å². The van der Waals surface area contributed by atoms with E-state index in [2.05, 4.69) is 4.90 Å². The van der Waals surface area contributed by atoms with E-state index in [1.54, 1.807) is 37.1 Å². The van der Waals surface area contributed by atoms with Gasteiger partial charge in [0.05, 0.1) is 17.7 Å². The molecule has 0 spiro atoms. The van der Waals surface area contributed by atoms with Crippen LogP contribution in [0.1, 0.15) is 20.8 Å². The lowest BCUT2D eigenvalue weighted by atomic mass is 10.2. The Bertz CT molecular complexity index is 1030. The molecule has 180 valence electrons. The number of hydrogen-bond acceptors (Lipinski definition) is 6. The van der Waals surface area contributed by atoms with Crippen LogP contribution in [0.5, 0.6) is 11.5 Å². The first-order valence-corrected chi connectivity index (χ1v) is 12.7. The molecule has 33 heavy (non-hydrogen) atoms. The average molecular weight is 476 g/mol. The number of nitrogens with zero attached hydrogens (tertiary/aromatic N) is 3. The lowest BCUT2D eigenvalue weighted by molar-refractivity contribution is -0.138. The summed E-state index contributed by atoms with van der Waals surface area (Å²) in [6.07, 6.45) is -0.587. The lowest BCUT2D eigenvalue weighted by Crippen LogP contribution is -2.52. The minimum atomic E-state index is -3.58. The predicted octanol–water partition coefficient (Wildman–Crippen LogP) is 2.84. The van der Waals surface area contributed by atoms with Gasteiger partial charge in [0.1, 0.15) is 11.5 Å². The molecule has 1 unspecified atom stereocenters. The quantitative estimate of drug-likeness (QED) is 0.555. The molecular formula is C24H33N3O5S. The maximum atomic E-state index is 13.0. The minimum absolute atomic E-state index is 0.0664. The zero-order valence-corrected chi connectivity index (χ0v) is 20.5. The molecule has 1 amide bonds. The van der Waals surface area contributed by atoms with Crippen molar-refractivity contribution < 1.29 is 22.7 Å². The van der Waals surface area contributed by atoms with Crippen molar-refractivity contribution in [3.05, 3.63) is 48.5 Å². The summed E-state index contributed by atoms with van der Waals surface area (Å²) in [5, 5.41) is 0. The number of methoxy groups -OCH3 is 1. The Morgan fingerprint density at radius 1 is 1.03 bits per heavy atom. The number of piperazine rings is 1. The molecule has 8 nitrogen and oxygen atoms in total. The lowest BCUT2D eigenvalue weighted by Gasteiger charge is -2.37. The number of anilines is 1. The Morgan fingerprint density at radius 3 is 2.24 bits per heavy atom. The maximum Gasteiger partial charge on any atom is 0.263 e. The second-order valence-corrected chi connectivity index (χ2v) is 9.75. The highest BCUT2D eigenvalue weighted by atomic mass is 32.2. The largest absolute Gasteiger partial charge is 0.495 e. The fraction of sp³-hybridized carbons (Fsp3) is 0.458. The SMILES string of the molecule is CCN(CC)S(=O)(=O)c1ccc(OC)c(N2CCN(C(=O)C(C)Oc3ccccc3)CC2)c1. The van der Waals surface area contributed by atoms with Crippen LogP contribution in [0, 0.1) is 0 Å². The Kier molecular flexibility index (Phi) is 8.20.